The van der Waals surface area contributed by atoms with Crippen molar-refractivity contribution in [1.82, 2.24) is 29.4 Å². The lowest BCUT2D eigenvalue weighted by molar-refractivity contribution is -0.140. The number of halogens is 4. The van der Waals surface area contributed by atoms with Crippen molar-refractivity contribution in [3.05, 3.63) is 53.5 Å². The second-order valence-electron chi connectivity index (χ2n) is 7.04. The molecule has 0 aliphatic carbocycles. The van der Waals surface area contributed by atoms with Crippen LogP contribution in [0, 0.1) is 5.82 Å². The van der Waals surface area contributed by atoms with E-state index in [4.69, 9.17) is 4.74 Å². The van der Waals surface area contributed by atoms with Gasteiger partial charge in [-0.25, -0.2) is 9.37 Å². The van der Waals surface area contributed by atoms with Gasteiger partial charge in [-0.2, -0.15) is 18.3 Å². The molecule has 12 heteroatoms. The van der Waals surface area contributed by atoms with Crippen LogP contribution in [0.25, 0.3) is 16.8 Å². The summed E-state index contributed by atoms with van der Waals surface area (Å²) in [6, 6.07) is 2.94. The van der Waals surface area contributed by atoms with Crippen LogP contribution >= 0.6 is 0 Å². The summed E-state index contributed by atoms with van der Waals surface area (Å²) >= 11 is 0. The molecule has 0 atom stereocenters. The number of ether oxygens (including phenoxy) is 1. The van der Waals surface area contributed by atoms with E-state index in [9.17, 15) is 17.6 Å². The number of hydrogen-bond donors (Lipinski definition) is 1. The highest BCUT2D eigenvalue weighted by molar-refractivity contribution is 5.79. The van der Waals surface area contributed by atoms with E-state index >= 15 is 0 Å². The molecule has 3 aromatic heterocycles. The Morgan fingerprint density at radius 1 is 1.23 bits per heavy atom. The van der Waals surface area contributed by atoms with Crippen molar-refractivity contribution in [3.8, 4) is 16.9 Å². The lowest BCUT2D eigenvalue weighted by Crippen LogP contribution is -2.11. The molecular formula is C19H15F4N7O. The van der Waals surface area contributed by atoms with Crippen molar-refractivity contribution >= 4 is 11.6 Å². The van der Waals surface area contributed by atoms with Gasteiger partial charge in [-0.3, -0.25) is 9.08 Å². The molecule has 1 aliphatic heterocycles. The Hall–Kier alpha value is -3.70. The van der Waals surface area contributed by atoms with Gasteiger partial charge in [0.2, 0.25) is 5.95 Å². The van der Waals surface area contributed by atoms with Crippen LogP contribution < -0.4 is 10.1 Å². The second kappa shape index (κ2) is 6.93. The largest absolute Gasteiger partial charge is 0.493 e. The number of aryl methyl sites for hydroxylation is 1. The molecule has 0 amide bonds. The molecule has 1 aromatic carbocycles. The predicted molar refractivity (Wildman–Crippen MR) is 101 cm³/mol. The third kappa shape index (κ3) is 3.23. The van der Waals surface area contributed by atoms with Crippen molar-refractivity contribution in [3.63, 3.8) is 0 Å². The molecule has 0 bridgehead atoms. The molecule has 0 radical (unpaired) electrons. The summed E-state index contributed by atoms with van der Waals surface area (Å²) in [5, 5.41) is 14.3. The highest BCUT2D eigenvalue weighted by Crippen LogP contribution is 2.37. The topological polar surface area (TPSA) is 82.2 Å². The molecule has 0 fully saturated rings. The maximum Gasteiger partial charge on any atom is 0.435 e. The molecule has 0 saturated carbocycles. The first-order chi connectivity index (χ1) is 14.8. The summed E-state index contributed by atoms with van der Waals surface area (Å²) in [4.78, 5) is 4.24. The maximum absolute atomic E-state index is 14.4. The zero-order valence-electron chi connectivity index (χ0n) is 16.1. The highest BCUT2D eigenvalue weighted by atomic mass is 19.4. The van der Waals surface area contributed by atoms with Crippen LogP contribution in [0.1, 0.15) is 16.8 Å². The number of nitrogens with zero attached hydrogens (tertiary/aromatic N) is 6. The lowest BCUT2D eigenvalue weighted by atomic mass is 10.0. The Bertz CT molecular complexity index is 1290. The first-order valence-corrected chi connectivity index (χ1v) is 9.30. The standard InChI is InChI=1S/C19H15F4N7O/c1-29-8-13(16(28-29)19(21,22)23)12-7-25-18(30-9-26-27-17(12)30)24-6-11-10-4-5-31-15(10)3-2-14(11)20/h2-3,7-9H,4-6H2,1H3,(H,24,25). The van der Waals surface area contributed by atoms with E-state index in [1.807, 2.05) is 0 Å². The molecule has 0 unspecified atom stereocenters. The molecular weight excluding hydrogens is 418 g/mol. The van der Waals surface area contributed by atoms with Gasteiger partial charge in [-0.05, 0) is 12.1 Å². The Balaban J connectivity index is 1.52. The summed E-state index contributed by atoms with van der Waals surface area (Å²) in [5.74, 6) is 0.530. The van der Waals surface area contributed by atoms with Crippen LogP contribution in [-0.2, 0) is 26.2 Å². The fourth-order valence-corrected chi connectivity index (χ4v) is 3.71. The zero-order chi connectivity index (χ0) is 21.8. The molecule has 1 aliphatic rings. The Morgan fingerprint density at radius 2 is 2.06 bits per heavy atom. The number of hydrogen-bond acceptors (Lipinski definition) is 6. The van der Waals surface area contributed by atoms with Crippen LogP contribution in [-0.4, -0.2) is 36.0 Å². The van der Waals surface area contributed by atoms with Crippen molar-refractivity contribution in [2.75, 3.05) is 11.9 Å². The van der Waals surface area contributed by atoms with Crippen molar-refractivity contribution in [2.45, 2.75) is 19.1 Å². The normalized spacial score (nSPS) is 13.5. The van der Waals surface area contributed by atoms with Crippen molar-refractivity contribution < 1.29 is 22.3 Å². The number of nitrogens with one attached hydrogen (secondary N) is 1. The van der Waals surface area contributed by atoms with Gasteiger partial charge in [-0.15, -0.1) is 10.2 Å². The first-order valence-electron chi connectivity index (χ1n) is 9.30. The molecule has 5 rings (SSSR count). The predicted octanol–water partition coefficient (Wildman–Crippen LogP) is 3.23. The summed E-state index contributed by atoms with van der Waals surface area (Å²) in [6.45, 7) is 0.597. The quantitative estimate of drug-likeness (QED) is 0.498. The van der Waals surface area contributed by atoms with Gasteiger partial charge < -0.3 is 10.1 Å². The van der Waals surface area contributed by atoms with Gasteiger partial charge in [0.1, 0.15) is 17.9 Å². The number of aromatic nitrogens is 6. The first kappa shape index (κ1) is 19.3. The number of benzene rings is 1. The van der Waals surface area contributed by atoms with Crippen LogP contribution in [0.15, 0.2) is 30.9 Å². The molecule has 0 saturated heterocycles. The van der Waals surface area contributed by atoms with Gasteiger partial charge in [0, 0.05) is 54.7 Å². The van der Waals surface area contributed by atoms with Crippen molar-refractivity contribution in [2.24, 2.45) is 7.05 Å². The van der Waals surface area contributed by atoms with Crippen molar-refractivity contribution in [1.29, 1.82) is 0 Å². The molecule has 160 valence electrons. The van der Waals surface area contributed by atoms with Gasteiger partial charge in [0.05, 0.1) is 6.61 Å². The summed E-state index contributed by atoms with van der Waals surface area (Å²) in [6.07, 6.45) is -0.192. The number of anilines is 1. The van der Waals surface area contributed by atoms with E-state index in [1.165, 1.54) is 36.2 Å². The minimum atomic E-state index is -4.64. The molecule has 31 heavy (non-hydrogen) atoms. The summed E-state index contributed by atoms with van der Waals surface area (Å²) in [7, 11) is 1.40. The van der Waals surface area contributed by atoms with E-state index in [0.29, 0.717) is 24.3 Å². The number of alkyl halides is 3. The fraction of sp³-hybridized carbons (Fsp3) is 0.263. The summed E-state index contributed by atoms with van der Waals surface area (Å²) < 4.78 is 62.6. The average Bonchev–Trinajstić information content (AvgIpc) is 3.45. The van der Waals surface area contributed by atoms with E-state index in [2.05, 4.69) is 25.6 Å². The van der Waals surface area contributed by atoms with E-state index in [1.54, 1.807) is 6.07 Å². The minimum absolute atomic E-state index is 0.110. The van der Waals surface area contributed by atoms with Crippen LogP contribution in [0.4, 0.5) is 23.5 Å². The SMILES string of the molecule is Cn1cc(-c2cnc(NCc3c(F)ccc4c3CCO4)n3cnnc23)c(C(F)(F)F)n1. The average molecular weight is 433 g/mol. The summed E-state index contributed by atoms with van der Waals surface area (Å²) in [5.41, 5.74) is 0.338. The highest BCUT2D eigenvalue weighted by Gasteiger charge is 2.38. The molecule has 1 N–H and O–H groups in total. The Kier molecular flexibility index (Phi) is 4.31. The van der Waals surface area contributed by atoms with Gasteiger partial charge in [-0.1, -0.05) is 0 Å². The maximum atomic E-state index is 14.4. The zero-order valence-corrected chi connectivity index (χ0v) is 16.1. The van der Waals surface area contributed by atoms with E-state index in [-0.39, 0.29) is 35.1 Å². The number of rotatable bonds is 4. The van der Waals surface area contributed by atoms with Crippen LogP contribution in [0.3, 0.4) is 0 Å². The fourth-order valence-electron chi connectivity index (χ4n) is 3.71. The van der Waals surface area contributed by atoms with Gasteiger partial charge in [0.25, 0.3) is 0 Å². The van der Waals surface area contributed by atoms with E-state index in [0.717, 1.165) is 10.2 Å². The molecule has 4 aromatic rings. The Morgan fingerprint density at radius 3 is 2.87 bits per heavy atom. The second-order valence-corrected chi connectivity index (χ2v) is 7.04. The number of fused-ring (bicyclic) bond motifs is 2. The van der Waals surface area contributed by atoms with Crippen LogP contribution in [0.2, 0.25) is 0 Å². The lowest BCUT2D eigenvalue weighted by Gasteiger charge is -2.13. The smallest absolute Gasteiger partial charge is 0.435 e. The monoisotopic (exact) mass is 433 g/mol. The van der Waals surface area contributed by atoms with Gasteiger partial charge >= 0.3 is 6.18 Å². The minimum Gasteiger partial charge on any atom is -0.493 e. The van der Waals surface area contributed by atoms with Crippen LogP contribution in [0.5, 0.6) is 5.75 Å². The van der Waals surface area contributed by atoms with Gasteiger partial charge in [0.15, 0.2) is 11.3 Å². The third-order valence-corrected chi connectivity index (χ3v) is 5.08. The molecule has 8 nitrogen and oxygen atoms in total. The molecule has 4 heterocycles. The molecule has 0 spiro atoms. The van der Waals surface area contributed by atoms with E-state index < -0.39 is 11.9 Å². The Labute approximate surface area is 172 Å². The third-order valence-electron chi connectivity index (χ3n) is 5.08.